The van der Waals surface area contributed by atoms with E-state index in [2.05, 4.69) is 37.7 Å². The molecule has 0 saturated carbocycles. The lowest BCUT2D eigenvalue weighted by molar-refractivity contribution is 0.0319. The molecule has 0 bridgehead atoms. The molecule has 1 aromatic heterocycles. The van der Waals surface area contributed by atoms with Gasteiger partial charge in [0.1, 0.15) is 0 Å². The normalized spacial score (nSPS) is 23.8. The van der Waals surface area contributed by atoms with E-state index in [4.69, 9.17) is 9.84 Å². The first-order chi connectivity index (χ1) is 9.19. The Morgan fingerprint density at radius 1 is 1.37 bits per heavy atom. The fourth-order valence-electron chi connectivity index (χ4n) is 3.06. The van der Waals surface area contributed by atoms with Crippen LogP contribution >= 0.6 is 0 Å². The first-order valence-corrected chi connectivity index (χ1v) is 7.54. The molecule has 0 radical (unpaired) electrons. The van der Waals surface area contributed by atoms with Gasteiger partial charge in [0.05, 0.1) is 18.3 Å². The molecule has 4 nitrogen and oxygen atoms in total. The van der Waals surface area contributed by atoms with Crippen molar-refractivity contribution in [3.8, 4) is 0 Å². The highest BCUT2D eigenvalue weighted by Crippen LogP contribution is 2.24. The van der Waals surface area contributed by atoms with Crippen LogP contribution in [0.15, 0.2) is 0 Å². The number of hydrogen-bond acceptors (Lipinski definition) is 3. The fourth-order valence-corrected chi connectivity index (χ4v) is 3.06. The van der Waals surface area contributed by atoms with Crippen molar-refractivity contribution in [2.24, 2.45) is 0 Å². The van der Waals surface area contributed by atoms with E-state index in [0.29, 0.717) is 12.1 Å². The Morgan fingerprint density at radius 3 is 2.79 bits per heavy atom. The van der Waals surface area contributed by atoms with Crippen LogP contribution in [0.5, 0.6) is 0 Å². The minimum atomic E-state index is 0.333. The van der Waals surface area contributed by atoms with Gasteiger partial charge in [-0.25, -0.2) is 0 Å². The van der Waals surface area contributed by atoms with Gasteiger partial charge in [-0.1, -0.05) is 13.8 Å². The summed E-state index contributed by atoms with van der Waals surface area (Å²) >= 11 is 0. The van der Waals surface area contributed by atoms with Gasteiger partial charge in [-0.2, -0.15) is 5.10 Å². The SMILES string of the molecule is CCCNC1CCOCC1n1nc(C)c(CC)c1C. The minimum Gasteiger partial charge on any atom is -0.379 e. The van der Waals surface area contributed by atoms with Gasteiger partial charge in [-0.05, 0) is 45.2 Å². The van der Waals surface area contributed by atoms with Gasteiger partial charge < -0.3 is 10.1 Å². The summed E-state index contributed by atoms with van der Waals surface area (Å²) in [4.78, 5) is 0. The highest BCUT2D eigenvalue weighted by molar-refractivity contribution is 5.25. The Labute approximate surface area is 116 Å². The molecular formula is C15H27N3O. The standard InChI is InChI=1S/C15H27N3O/c1-5-8-16-14-7-9-19-10-15(14)18-12(4)13(6-2)11(3)17-18/h14-16H,5-10H2,1-4H3. The summed E-state index contributed by atoms with van der Waals surface area (Å²) in [5.41, 5.74) is 3.86. The van der Waals surface area contributed by atoms with Crippen molar-refractivity contribution >= 4 is 0 Å². The Morgan fingerprint density at radius 2 is 2.16 bits per heavy atom. The molecule has 1 fully saturated rings. The number of aromatic nitrogens is 2. The summed E-state index contributed by atoms with van der Waals surface area (Å²) in [6, 6.07) is 0.815. The van der Waals surface area contributed by atoms with Gasteiger partial charge in [-0.3, -0.25) is 4.68 Å². The molecule has 1 N–H and O–H groups in total. The predicted molar refractivity (Wildman–Crippen MR) is 77.6 cm³/mol. The number of ether oxygens (including phenoxy) is 1. The van der Waals surface area contributed by atoms with Crippen LogP contribution < -0.4 is 5.32 Å². The average molecular weight is 265 g/mol. The first kappa shape index (κ1) is 14.5. The molecular weight excluding hydrogens is 238 g/mol. The van der Waals surface area contributed by atoms with Crippen molar-refractivity contribution in [1.29, 1.82) is 0 Å². The lowest BCUT2D eigenvalue weighted by Gasteiger charge is -2.33. The molecule has 0 amide bonds. The van der Waals surface area contributed by atoms with E-state index in [1.807, 2.05) is 0 Å². The Kier molecular flexibility index (Phi) is 4.99. The Balaban J connectivity index is 2.22. The van der Waals surface area contributed by atoms with Crippen LogP contribution in [0, 0.1) is 13.8 Å². The highest BCUT2D eigenvalue weighted by Gasteiger charge is 2.29. The van der Waals surface area contributed by atoms with Gasteiger partial charge >= 0.3 is 0 Å². The van der Waals surface area contributed by atoms with Gasteiger partial charge in [0, 0.05) is 18.3 Å². The third-order valence-electron chi connectivity index (χ3n) is 4.13. The Hall–Kier alpha value is -0.870. The molecule has 2 rings (SSSR count). The molecule has 2 atom stereocenters. The zero-order chi connectivity index (χ0) is 13.8. The monoisotopic (exact) mass is 265 g/mol. The largest absolute Gasteiger partial charge is 0.379 e. The number of hydrogen-bond donors (Lipinski definition) is 1. The molecule has 2 heterocycles. The lowest BCUT2D eigenvalue weighted by atomic mass is 10.0. The predicted octanol–water partition coefficient (Wildman–Crippen LogP) is 2.39. The van der Waals surface area contributed by atoms with Gasteiger partial charge in [0.25, 0.3) is 0 Å². The maximum Gasteiger partial charge on any atom is 0.0909 e. The van der Waals surface area contributed by atoms with E-state index < -0.39 is 0 Å². The second-order valence-electron chi connectivity index (χ2n) is 5.44. The minimum absolute atomic E-state index is 0.333. The Bertz CT molecular complexity index is 414. The molecule has 4 heteroatoms. The molecule has 0 spiro atoms. The first-order valence-electron chi connectivity index (χ1n) is 7.54. The van der Waals surface area contributed by atoms with E-state index in [0.717, 1.165) is 32.6 Å². The van der Waals surface area contributed by atoms with Crippen LogP contribution in [0.2, 0.25) is 0 Å². The van der Waals surface area contributed by atoms with Crippen molar-refractivity contribution in [2.75, 3.05) is 19.8 Å². The van der Waals surface area contributed by atoms with Crippen molar-refractivity contribution in [3.63, 3.8) is 0 Å². The maximum atomic E-state index is 5.68. The van der Waals surface area contributed by atoms with Gasteiger partial charge in [0.15, 0.2) is 0 Å². The molecule has 1 aliphatic rings. The smallest absolute Gasteiger partial charge is 0.0909 e. The summed E-state index contributed by atoms with van der Waals surface area (Å²) in [5.74, 6) is 0. The lowest BCUT2D eigenvalue weighted by Crippen LogP contribution is -2.44. The average Bonchev–Trinajstić information content (AvgIpc) is 2.71. The maximum absolute atomic E-state index is 5.68. The van der Waals surface area contributed by atoms with Crippen LogP contribution in [0.1, 0.15) is 49.7 Å². The van der Waals surface area contributed by atoms with E-state index in [-0.39, 0.29) is 0 Å². The highest BCUT2D eigenvalue weighted by atomic mass is 16.5. The summed E-state index contributed by atoms with van der Waals surface area (Å²) < 4.78 is 7.88. The molecule has 1 aliphatic heterocycles. The van der Waals surface area contributed by atoms with Crippen molar-refractivity contribution in [1.82, 2.24) is 15.1 Å². The topological polar surface area (TPSA) is 39.1 Å². The molecule has 1 aromatic rings. The van der Waals surface area contributed by atoms with Crippen LogP contribution in [0.25, 0.3) is 0 Å². The second kappa shape index (κ2) is 6.53. The van der Waals surface area contributed by atoms with E-state index in [1.165, 1.54) is 23.4 Å². The number of nitrogens with one attached hydrogen (secondary N) is 1. The second-order valence-corrected chi connectivity index (χ2v) is 5.44. The summed E-state index contributed by atoms with van der Waals surface area (Å²) in [7, 11) is 0. The molecule has 0 aromatic carbocycles. The third kappa shape index (κ3) is 3.00. The van der Waals surface area contributed by atoms with Crippen molar-refractivity contribution < 1.29 is 4.74 Å². The number of nitrogens with zero attached hydrogens (tertiary/aromatic N) is 2. The van der Waals surface area contributed by atoms with E-state index >= 15 is 0 Å². The van der Waals surface area contributed by atoms with Crippen LogP contribution in [-0.2, 0) is 11.2 Å². The zero-order valence-corrected chi connectivity index (χ0v) is 12.7. The number of rotatable bonds is 5. The van der Waals surface area contributed by atoms with Crippen LogP contribution in [0.4, 0.5) is 0 Å². The molecule has 19 heavy (non-hydrogen) atoms. The van der Waals surface area contributed by atoms with Gasteiger partial charge in [-0.15, -0.1) is 0 Å². The molecule has 2 unspecified atom stereocenters. The van der Waals surface area contributed by atoms with Crippen molar-refractivity contribution in [2.45, 2.75) is 59.0 Å². The van der Waals surface area contributed by atoms with E-state index in [9.17, 15) is 0 Å². The summed E-state index contributed by atoms with van der Waals surface area (Å²) in [5, 5.41) is 8.41. The zero-order valence-electron chi connectivity index (χ0n) is 12.7. The molecule has 108 valence electrons. The van der Waals surface area contributed by atoms with Gasteiger partial charge in [0.2, 0.25) is 0 Å². The fraction of sp³-hybridized carbons (Fsp3) is 0.800. The van der Waals surface area contributed by atoms with E-state index in [1.54, 1.807) is 0 Å². The summed E-state index contributed by atoms with van der Waals surface area (Å²) in [6.45, 7) is 11.4. The summed E-state index contributed by atoms with van der Waals surface area (Å²) in [6.07, 6.45) is 3.30. The third-order valence-corrected chi connectivity index (χ3v) is 4.13. The van der Waals surface area contributed by atoms with Crippen LogP contribution in [0.3, 0.4) is 0 Å². The quantitative estimate of drug-likeness (QED) is 0.888. The van der Waals surface area contributed by atoms with Crippen LogP contribution in [-0.4, -0.2) is 35.6 Å². The molecule has 1 saturated heterocycles. The number of aryl methyl sites for hydroxylation is 1. The molecule has 0 aliphatic carbocycles. The van der Waals surface area contributed by atoms with Crippen molar-refractivity contribution in [3.05, 3.63) is 17.0 Å².